The molecule has 0 fully saturated rings. The SMILES string of the molecule is Cc1cc(C)c(C)c(-c2c3ccc(C(C)C)cc3cc[n+]2C)c1.Cc1cc(C)c(C)c(-c2c3ccc(CC(C)C)cc3cc[n+]2C)c1.Cc1cc(C)c(C)c(-c2c3ccccc3cc[n+]2C)c1.Cc1cc(C)c(C)c(-c2c3ccccc3cc[n+]2C)c1.Cc1ccccc1-c1c2ccccc2cc[n+]1C.[2H]C([2H])([2H])c1cc(C)cc(-c2c3ccc(C([2H])(C)C)cc3cc[n+]2C)c1C. The van der Waals surface area contributed by atoms with Gasteiger partial charge in [0.2, 0.25) is 34.2 Å². The number of aromatic nitrogens is 6. The fourth-order valence-electron chi connectivity index (χ4n) is 18.5. The number of nitrogens with zero attached hydrogens (tertiary/aromatic N) is 6. The standard InChI is InChI=1S/C23H28N.2C22H26N.2C19H20N.C17H16N/c1-15(2)11-19-7-8-21-20(14-19)9-10-24(6)23(21)22-13-16(3)12-17(4)18(22)5;2*1-14(2)18-7-8-20-19(13-18)9-10-23(6)22(20)21-12-15(3)11-16(4)17(21)5;2*1-13-11-14(2)15(3)18(12-13)19-17-8-6-5-7-16(17)9-10-20(19)4;1-13-7-3-5-9-15(13)17-16-10-6-4-8-14(16)11-12-18(17)2/h7-10,12-15H,11H2,1-6H3;2*7-14H,1-6H3;2*5-12H,1-4H3;3-12H,1-2H3/q6*+1/i;4D3,14D;;;;. The summed E-state index contributed by atoms with van der Waals surface area (Å²) in [7, 11) is 12.6. The molecule has 128 heavy (non-hydrogen) atoms. The minimum atomic E-state index is -2.14. The number of rotatable bonds is 10. The number of aryl methyl sites for hydroxylation is 17. The molecule has 0 saturated heterocycles. The lowest BCUT2D eigenvalue weighted by Gasteiger charge is -2.12. The maximum atomic E-state index is 8.30. The van der Waals surface area contributed by atoms with Crippen LogP contribution in [0.2, 0.25) is 0 Å². The van der Waals surface area contributed by atoms with E-state index in [4.69, 9.17) is 5.48 Å². The van der Waals surface area contributed by atoms with Crippen molar-refractivity contribution in [3.8, 4) is 67.5 Å². The van der Waals surface area contributed by atoms with Gasteiger partial charge in [0.15, 0.2) is 37.2 Å². The molecule has 18 aromatic rings. The maximum absolute atomic E-state index is 8.30. The number of hydrogen-bond donors (Lipinski definition) is 0. The van der Waals surface area contributed by atoms with Crippen LogP contribution in [0.4, 0.5) is 0 Å². The highest BCUT2D eigenvalue weighted by Crippen LogP contribution is 2.39. The summed E-state index contributed by atoms with van der Waals surface area (Å²) < 4.78 is 45.2. The van der Waals surface area contributed by atoms with Crippen LogP contribution in [0.25, 0.3) is 132 Å². The highest BCUT2D eigenvalue weighted by Gasteiger charge is 2.26. The number of benzene rings is 12. The second kappa shape index (κ2) is 40.0. The van der Waals surface area contributed by atoms with Crippen LogP contribution in [-0.4, -0.2) is 0 Å². The largest absolute Gasteiger partial charge is 0.220 e. The van der Waals surface area contributed by atoms with Crippen LogP contribution < -0.4 is 27.4 Å². The van der Waals surface area contributed by atoms with Gasteiger partial charge in [0.25, 0.3) is 0 Å². The minimum Gasteiger partial charge on any atom is -0.200 e. The summed E-state index contributed by atoms with van der Waals surface area (Å²) in [6.07, 6.45) is 13.9. The third-order valence-electron chi connectivity index (χ3n) is 26.0. The molecule has 0 radical (unpaired) electrons. The van der Waals surface area contributed by atoms with Crippen LogP contribution in [0.3, 0.4) is 0 Å². The fourth-order valence-corrected chi connectivity index (χ4v) is 18.5. The zero-order valence-corrected chi connectivity index (χ0v) is 81.2. The van der Waals surface area contributed by atoms with Gasteiger partial charge >= 0.3 is 0 Å². The van der Waals surface area contributed by atoms with Gasteiger partial charge in [-0.25, -0.2) is 27.4 Å². The van der Waals surface area contributed by atoms with E-state index in [1.807, 2.05) is 63.7 Å². The van der Waals surface area contributed by atoms with E-state index in [1.54, 1.807) is 6.07 Å². The van der Waals surface area contributed by atoms with Gasteiger partial charge in [-0.3, -0.25) is 0 Å². The van der Waals surface area contributed by atoms with Crippen LogP contribution in [0.1, 0.15) is 165 Å². The Kier molecular flexibility index (Phi) is 27.2. The lowest BCUT2D eigenvalue weighted by Crippen LogP contribution is -2.30. The average Bonchev–Trinajstić information content (AvgIpc) is 0.748. The molecule has 0 aliphatic carbocycles. The number of fused-ring (bicyclic) bond motifs is 6. The molecule has 6 heterocycles. The Balaban J connectivity index is 0.000000135. The molecule has 0 saturated carbocycles. The van der Waals surface area contributed by atoms with E-state index < -0.39 is 12.7 Å². The predicted molar refractivity (Wildman–Crippen MR) is 546 cm³/mol. The number of pyridine rings is 6. The predicted octanol–water partition coefficient (Wildman–Crippen LogP) is 28.4. The van der Waals surface area contributed by atoms with Crippen molar-refractivity contribution in [2.45, 2.75) is 170 Å². The molecule has 0 N–H and O–H groups in total. The van der Waals surface area contributed by atoms with E-state index >= 15 is 0 Å². The van der Waals surface area contributed by atoms with Gasteiger partial charge in [-0.15, -0.1) is 0 Å². The molecule has 0 unspecified atom stereocenters. The Bertz CT molecular complexity index is 7260. The Hall–Kier alpha value is -12.9. The third kappa shape index (κ3) is 20.4. The van der Waals surface area contributed by atoms with Crippen LogP contribution in [0.15, 0.2) is 286 Å². The first kappa shape index (κ1) is 87.2. The summed E-state index contributed by atoms with van der Waals surface area (Å²) >= 11 is 0. The molecule has 6 heteroatoms. The van der Waals surface area contributed by atoms with Gasteiger partial charge in [0.05, 0.1) is 60.1 Å². The smallest absolute Gasteiger partial charge is 0.200 e. The quantitative estimate of drug-likeness (QED) is 0.122. The van der Waals surface area contributed by atoms with Crippen LogP contribution in [-0.2, 0) is 48.7 Å². The van der Waals surface area contributed by atoms with Gasteiger partial charge in [0.1, 0.15) is 42.3 Å². The zero-order valence-electron chi connectivity index (χ0n) is 85.2. The Labute approximate surface area is 770 Å². The summed E-state index contributed by atoms with van der Waals surface area (Å²) in [5.74, 6) is 0.572. The summed E-state index contributed by atoms with van der Waals surface area (Å²) in [4.78, 5) is 0. The zero-order chi connectivity index (χ0) is 95.4. The molecule has 0 amide bonds. The normalized spacial score (nSPS) is 11.9. The molecule has 6 aromatic heterocycles. The van der Waals surface area contributed by atoms with E-state index in [0.29, 0.717) is 17.4 Å². The van der Waals surface area contributed by atoms with Gasteiger partial charge in [-0.2, -0.15) is 0 Å². The van der Waals surface area contributed by atoms with E-state index in [1.165, 1.54) is 194 Å². The van der Waals surface area contributed by atoms with Crippen molar-refractivity contribution in [3.05, 3.63) is 392 Å². The maximum Gasteiger partial charge on any atom is 0.220 e. The first-order chi connectivity index (χ1) is 62.6. The average molecular weight is 1690 g/mol. The molecule has 648 valence electrons. The van der Waals surface area contributed by atoms with Crippen molar-refractivity contribution in [3.63, 3.8) is 0 Å². The second-order valence-electron chi connectivity index (χ2n) is 37.1. The molecule has 0 aliphatic heterocycles. The second-order valence-corrected chi connectivity index (χ2v) is 37.1. The van der Waals surface area contributed by atoms with Crippen molar-refractivity contribution in [1.82, 2.24) is 0 Å². The molecule has 12 aromatic carbocycles. The lowest BCUT2D eigenvalue weighted by atomic mass is 9.93. The fraction of sp³-hybridized carbons (Fsp3) is 0.262. The van der Waals surface area contributed by atoms with Gasteiger partial charge < -0.3 is 0 Å². The Morgan fingerprint density at radius 2 is 0.508 bits per heavy atom. The topological polar surface area (TPSA) is 23.3 Å². The highest BCUT2D eigenvalue weighted by molar-refractivity contribution is 5.99. The highest BCUT2D eigenvalue weighted by atomic mass is 14.9. The van der Waals surface area contributed by atoms with Crippen molar-refractivity contribution in [2.75, 3.05) is 0 Å². The first-order valence-corrected chi connectivity index (χ1v) is 45.5. The van der Waals surface area contributed by atoms with Crippen LogP contribution in [0.5, 0.6) is 0 Å². The number of hydrogen-bond acceptors (Lipinski definition) is 0. The molecular formula is C122H136N6+6. The molecular weight excluding hydrogens is 1550 g/mol. The Morgan fingerprint density at radius 3 is 0.828 bits per heavy atom. The van der Waals surface area contributed by atoms with Gasteiger partial charge in [-0.05, 0) is 318 Å². The summed E-state index contributed by atoms with van der Waals surface area (Å²) in [5, 5.41) is 15.2. The van der Waals surface area contributed by atoms with Gasteiger partial charge in [0, 0.05) is 47.4 Å². The third-order valence-corrected chi connectivity index (χ3v) is 26.0. The monoisotopic (exact) mass is 1690 g/mol. The first-order valence-electron chi connectivity index (χ1n) is 47.5. The van der Waals surface area contributed by atoms with Crippen molar-refractivity contribution >= 4 is 64.6 Å². The molecule has 0 atom stereocenters. The molecule has 18 rings (SSSR count). The van der Waals surface area contributed by atoms with Crippen molar-refractivity contribution in [2.24, 2.45) is 48.2 Å². The van der Waals surface area contributed by atoms with E-state index in [2.05, 4.69) is 431 Å². The summed E-state index contributed by atoms with van der Waals surface area (Å²) in [6, 6.07) is 89.4. The van der Waals surface area contributed by atoms with Crippen LogP contribution >= 0.6 is 0 Å². The van der Waals surface area contributed by atoms with E-state index in [0.717, 1.165) is 45.1 Å². The molecule has 0 bridgehead atoms. The molecule has 6 nitrogen and oxygen atoms in total. The summed E-state index contributed by atoms with van der Waals surface area (Å²) in [6.45, 7) is 43.0. The van der Waals surface area contributed by atoms with E-state index in [9.17, 15) is 0 Å². The van der Waals surface area contributed by atoms with Gasteiger partial charge in [-0.1, -0.05) is 209 Å². The minimum absolute atomic E-state index is 0.401. The lowest BCUT2D eigenvalue weighted by molar-refractivity contribution is -0.659. The van der Waals surface area contributed by atoms with E-state index in [-0.39, 0.29) is 0 Å². The van der Waals surface area contributed by atoms with Crippen molar-refractivity contribution in [1.29, 1.82) is 0 Å². The van der Waals surface area contributed by atoms with Crippen LogP contribution in [0, 0.1) is 117 Å². The summed E-state index contributed by atoms with van der Waals surface area (Å²) in [5.41, 5.74) is 38.5. The molecule has 0 aliphatic rings. The molecule has 0 spiro atoms. The van der Waals surface area contributed by atoms with Crippen molar-refractivity contribution < 1.29 is 32.9 Å². The Morgan fingerprint density at radius 1 is 0.242 bits per heavy atom.